The molecule has 2 aliphatic rings. The number of amides is 2. The Labute approximate surface area is 213 Å². The van der Waals surface area contributed by atoms with Crippen molar-refractivity contribution < 1.29 is 14.3 Å². The lowest BCUT2D eigenvalue weighted by atomic mass is 9.73. The average molecular weight is 498 g/mol. The monoisotopic (exact) mass is 497 g/mol. The first kappa shape index (κ1) is 23.0. The summed E-state index contributed by atoms with van der Waals surface area (Å²) in [7, 11) is 3.39. The number of nitrogens with zero attached hydrogens (tertiary/aromatic N) is 5. The number of aromatic nitrogens is 4. The van der Waals surface area contributed by atoms with E-state index in [0.717, 1.165) is 22.6 Å². The van der Waals surface area contributed by atoms with Gasteiger partial charge in [-0.25, -0.2) is 15.0 Å². The molecule has 0 atom stereocenters. The van der Waals surface area contributed by atoms with Gasteiger partial charge < -0.3 is 24.8 Å². The van der Waals surface area contributed by atoms with Crippen molar-refractivity contribution in [3.8, 4) is 5.75 Å². The summed E-state index contributed by atoms with van der Waals surface area (Å²) in [6.07, 6.45) is 2.84. The Kier molecular flexibility index (Phi) is 5.51. The molecule has 0 unspecified atom stereocenters. The Bertz CT molecular complexity index is 1500. The zero-order chi connectivity index (χ0) is 25.6. The molecule has 0 aliphatic carbocycles. The van der Waals surface area contributed by atoms with Crippen LogP contribution in [0.5, 0.6) is 5.75 Å². The first-order valence-corrected chi connectivity index (χ1v) is 12.2. The van der Waals surface area contributed by atoms with E-state index in [1.807, 2.05) is 48.5 Å². The molecule has 0 saturated carbocycles. The number of methoxy groups -OCH3 is 1. The predicted molar refractivity (Wildman–Crippen MR) is 139 cm³/mol. The molecule has 2 amide bonds. The van der Waals surface area contributed by atoms with Crippen LogP contribution in [0.25, 0.3) is 11.2 Å². The minimum absolute atomic E-state index is 0.0647. The number of para-hydroxylation sites is 1. The zero-order valence-electron chi connectivity index (χ0n) is 20.7. The summed E-state index contributed by atoms with van der Waals surface area (Å²) >= 11 is 0. The van der Waals surface area contributed by atoms with Crippen molar-refractivity contribution in [2.75, 3.05) is 30.4 Å². The quantitative estimate of drug-likeness (QED) is 0.436. The van der Waals surface area contributed by atoms with E-state index >= 15 is 0 Å². The lowest BCUT2D eigenvalue weighted by Crippen LogP contribution is -2.46. The number of benzene rings is 2. The number of nitrogens with one attached hydrogen (secondary N) is 2. The molecule has 1 spiro atoms. The second-order valence-corrected chi connectivity index (χ2v) is 9.46. The molecule has 188 valence electrons. The van der Waals surface area contributed by atoms with Crippen molar-refractivity contribution in [1.82, 2.24) is 24.8 Å². The smallest absolute Gasteiger partial charge is 0.287 e. The minimum Gasteiger partial charge on any atom is -0.497 e. The highest BCUT2D eigenvalue weighted by Gasteiger charge is 2.48. The van der Waals surface area contributed by atoms with Gasteiger partial charge >= 0.3 is 0 Å². The van der Waals surface area contributed by atoms with E-state index in [4.69, 9.17) is 4.74 Å². The maximum Gasteiger partial charge on any atom is 0.287 e. The van der Waals surface area contributed by atoms with Crippen molar-refractivity contribution in [2.24, 2.45) is 7.05 Å². The van der Waals surface area contributed by atoms with Gasteiger partial charge in [0.05, 0.1) is 12.5 Å². The molecule has 0 bridgehead atoms. The largest absolute Gasteiger partial charge is 0.497 e. The Morgan fingerprint density at radius 2 is 1.86 bits per heavy atom. The minimum atomic E-state index is -0.518. The molecule has 1 saturated heterocycles. The number of fused-ring (bicyclic) bond motifs is 3. The van der Waals surface area contributed by atoms with Crippen LogP contribution in [0, 0.1) is 0 Å². The number of anilines is 2. The van der Waals surface area contributed by atoms with Crippen LogP contribution in [0.2, 0.25) is 0 Å². The lowest BCUT2D eigenvalue weighted by Gasteiger charge is -2.38. The van der Waals surface area contributed by atoms with Gasteiger partial charge in [-0.3, -0.25) is 9.59 Å². The van der Waals surface area contributed by atoms with Gasteiger partial charge in [0.1, 0.15) is 12.1 Å². The topological polar surface area (TPSA) is 114 Å². The normalized spacial score (nSPS) is 16.1. The van der Waals surface area contributed by atoms with E-state index in [1.165, 1.54) is 6.33 Å². The molecule has 6 rings (SSSR count). The third-order valence-corrected chi connectivity index (χ3v) is 7.49. The molecule has 4 heterocycles. The highest BCUT2D eigenvalue weighted by Crippen LogP contribution is 2.45. The maximum absolute atomic E-state index is 13.0. The van der Waals surface area contributed by atoms with Crippen molar-refractivity contribution in [3.63, 3.8) is 0 Å². The molecular formula is C27H27N7O3. The molecule has 10 nitrogen and oxygen atoms in total. The zero-order valence-corrected chi connectivity index (χ0v) is 20.7. The first-order valence-electron chi connectivity index (χ1n) is 12.2. The number of hydrogen-bond acceptors (Lipinski definition) is 7. The van der Waals surface area contributed by atoms with Gasteiger partial charge in [-0.1, -0.05) is 30.3 Å². The van der Waals surface area contributed by atoms with Crippen LogP contribution in [0.3, 0.4) is 0 Å². The highest BCUT2D eigenvalue weighted by molar-refractivity contribution is 6.06. The second kappa shape index (κ2) is 8.88. The van der Waals surface area contributed by atoms with E-state index in [9.17, 15) is 9.59 Å². The van der Waals surface area contributed by atoms with Crippen LogP contribution in [0.1, 0.15) is 34.6 Å². The number of aryl methyl sites for hydroxylation is 1. The van der Waals surface area contributed by atoms with E-state index < -0.39 is 5.41 Å². The third kappa shape index (κ3) is 3.76. The number of carbonyl (C=O) groups is 2. The van der Waals surface area contributed by atoms with Gasteiger partial charge in [0.2, 0.25) is 11.7 Å². The molecule has 2 aromatic carbocycles. The highest BCUT2D eigenvalue weighted by atomic mass is 16.5. The molecular weight excluding hydrogens is 470 g/mol. The summed E-state index contributed by atoms with van der Waals surface area (Å²) in [5.41, 5.74) is 3.57. The van der Waals surface area contributed by atoms with Crippen molar-refractivity contribution in [1.29, 1.82) is 0 Å². The summed E-state index contributed by atoms with van der Waals surface area (Å²) in [6.45, 7) is 1.65. The second-order valence-electron chi connectivity index (χ2n) is 9.46. The van der Waals surface area contributed by atoms with Gasteiger partial charge in [0.15, 0.2) is 17.0 Å². The van der Waals surface area contributed by atoms with Crippen LogP contribution in [-0.2, 0) is 23.8 Å². The number of imidazole rings is 1. The molecule has 4 aromatic rings. The molecule has 1 fully saturated rings. The number of ether oxygens (including phenoxy) is 1. The van der Waals surface area contributed by atoms with E-state index in [1.54, 1.807) is 18.7 Å². The number of carbonyl (C=O) groups excluding carboxylic acids is 2. The van der Waals surface area contributed by atoms with Crippen molar-refractivity contribution >= 4 is 34.5 Å². The van der Waals surface area contributed by atoms with E-state index in [-0.39, 0.29) is 17.6 Å². The Morgan fingerprint density at radius 1 is 1.11 bits per heavy atom. The van der Waals surface area contributed by atoms with Crippen LogP contribution >= 0.6 is 0 Å². The van der Waals surface area contributed by atoms with Crippen LogP contribution < -0.4 is 20.3 Å². The standard InChI is InChI=1S/C27H27N7O3/c1-33-22-21(32-24(33)25(35)28-15-17-7-9-18(37-2)10-8-17)23(30-16-29-22)34-13-11-27(12-14-34)19-5-3-4-6-20(19)31-26(27)36/h3-10,16H,11-15H2,1-2H3,(H,28,35)(H,31,36). The Morgan fingerprint density at radius 3 is 2.62 bits per heavy atom. The van der Waals surface area contributed by atoms with Crippen LogP contribution in [0.4, 0.5) is 11.5 Å². The summed E-state index contributed by atoms with van der Waals surface area (Å²) < 4.78 is 6.88. The van der Waals surface area contributed by atoms with Crippen molar-refractivity contribution in [2.45, 2.75) is 24.8 Å². The fraction of sp³-hybridized carbons (Fsp3) is 0.296. The Balaban J connectivity index is 1.22. The van der Waals surface area contributed by atoms with E-state index in [0.29, 0.717) is 49.5 Å². The van der Waals surface area contributed by atoms with Gasteiger partial charge in [-0.15, -0.1) is 0 Å². The predicted octanol–water partition coefficient (Wildman–Crippen LogP) is 2.79. The summed E-state index contributed by atoms with van der Waals surface area (Å²) in [4.78, 5) is 41.7. The maximum atomic E-state index is 13.0. The van der Waals surface area contributed by atoms with Gasteiger partial charge in [0, 0.05) is 32.4 Å². The van der Waals surface area contributed by atoms with E-state index in [2.05, 4.69) is 30.5 Å². The van der Waals surface area contributed by atoms with Crippen LogP contribution in [-0.4, -0.2) is 51.5 Å². The number of rotatable bonds is 5. The molecule has 2 aromatic heterocycles. The fourth-order valence-corrected chi connectivity index (χ4v) is 5.40. The lowest BCUT2D eigenvalue weighted by molar-refractivity contribution is -0.121. The SMILES string of the molecule is COc1ccc(CNC(=O)c2nc3c(N4CCC5(CC4)C(=O)Nc4ccccc45)ncnc3n2C)cc1. The summed E-state index contributed by atoms with van der Waals surface area (Å²) in [6, 6.07) is 15.4. The van der Waals surface area contributed by atoms with Gasteiger partial charge in [0.25, 0.3) is 5.91 Å². The fourth-order valence-electron chi connectivity index (χ4n) is 5.40. The third-order valence-electron chi connectivity index (χ3n) is 7.49. The van der Waals surface area contributed by atoms with Crippen molar-refractivity contribution in [3.05, 3.63) is 71.8 Å². The summed E-state index contributed by atoms with van der Waals surface area (Å²) in [5.74, 6) is 1.48. The molecule has 10 heteroatoms. The Hall–Kier alpha value is -4.47. The average Bonchev–Trinajstić information content (AvgIpc) is 3.42. The number of piperidine rings is 1. The molecule has 37 heavy (non-hydrogen) atoms. The first-order chi connectivity index (χ1) is 18.0. The number of hydrogen-bond donors (Lipinski definition) is 2. The summed E-state index contributed by atoms with van der Waals surface area (Å²) in [5, 5.41) is 5.98. The molecule has 2 N–H and O–H groups in total. The van der Waals surface area contributed by atoms with Crippen LogP contribution in [0.15, 0.2) is 54.9 Å². The van der Waals surface area contributed by atoms with Gasteiger partial charge in [-0.05, 0) is 42.2 Å². The van der Waals surface area contributed by atoms with Gasteiger partial charge in [-0.2, -0.15) is 0 Å². The molecule has 2 aliphatic heterocycles. The molecule has 0 radical (unpaired) electrons.